The van der Waals surface area contributed by atoms with Gasteiger partial charge in [0.25, 0.3) is 11.5 Å². The van der Waals surface area contributed by atoms with Crippen LogP contribution in [0, 0.1) is 0 Å². The normalized spacial score (nSPS) is 19.0. The Morgan fingerprint density at radius 2 is 2.23 bits per heavy atom. The first-order valence-electron chi connectivity index (χ1n) is 6.70. The highest BCUT2D eigenvalue weighted by Gasteiger charge is 2.34. The number of pyridine rings is 1. The molecule has 1 unspecified atom stereocenters. The molecule has 1 atom stereocenters. The third-order valence-electron chi connectivity index (χ3n) is 3.08. The smallest absolute Gasteiger partial charge is 0.350 e. The molecule has 1 aliphatic rings. The van der Waals surface area contributed by atoms with E-state index in [1.807, 2.05) is 0 Å². The van der Waals surface area contributed by atoms with E-state index in [0.29, 0.717) is 23.7 Å². The third kappa shape index (κ3) is 4.31. The fourth-order valence-corrected chi connectivity index (χ4v) is 2.00. The third-order valence-corrected chi connectivity index (χ3v) is 3.08. The number of carbonyl (C=O) groups excluding carboxylic acids is 1. The number of ether oxygens (including phenoxy) is 1. The molecule has 9 heteroatoms. The zero-order chi connectivity index (χ0) is 16.2. The predicted octanol–water partition coefficient (Wildman–Crippen LogP) is 1.44. The summed E-state index contributed by atoms with van der Waals surface area (Å²) in [6.07, 6.45) is -1.81. The summed E-state index contributed by atoms with van der Waals surface area (Å²) in [6.45, 7) is -0.0525. The molecule has 0 spiro atoms. The van der Waals surface area contributed by atoms with Crippen molar-refractivity contribution >= 4 is 5.91 Å². The summed E-state index contributed by atoms with van der Waals surface area (Å²) in [5.74, 6) is -0.740. The van der Waals surface area contributed by atoms with E-state index >= 15 is 0 Å². The summed E-state index contributed by atoms with van der Waals surface area (Å²) in [6, 6.07) is 1.73. The molecule has 1 aliphatic heterocycles. The molecule has 0 saturated carbocycles. The monoisotopic (exact) mass is 320 g/mol. The number of amides is 1. The molecule has 1 amide bonds. The Balaban J connectivity index is 1.95. The summed E-state index contributed by atoms with van der Waals surface area (Å²) in [5, 5.41) is 0. The lowest BCUT2D eigenvalue weighted by molar-refractivity contribution is -0.200. The molecule has 122 valence electrons. The van der Waals surface area contributed by atoms with E-state index in [2.05, 4.69) is 5.48 Å². The molecule has 22 heavy (non-hydrogen) atoms. The Morgan fingerprint density at radius 1 is 1.45 bits per heavy atom. The van der Waals surface area contributed by atoms with Crippen LogP contribution in [0.2, 0.25) is 0 Å². The molecule has 2 heterocycles. The van der Waals surface area contributed by atoms with Crippen molar-refractivity contribution in [3.05, 3.63) is 34.2 Å². The van der Waals surface area contributed by atoms with E-state index in [1.165, 1.54) is 0 Å². The number of carbonyl (C=O) groups is 1. The Bertz CT molecular complexity index is 579. The number of alkyl halides is 3. The second kappa shape index (κ2) is 6.93. The molecule has 2 rings (SSSR count). The molecule has 1 N–H and O–H groups in total. The fraction of sp³-hybridized carbons (Fsp3) is 0.538. The first-order valence-corrected chi connectivity index (χ1v) is 6.70. The van der Waals surface area contributed by atoms with Gasteiger partial charge in [-0.25, -0.2) is 10.3 Å². The SMILES string of the molecule is O=C(Cn1cccc(C(F)(F)F)c1=O)NOC1CCCCO1. The van der Waals surface area contributed by atoms with Crippen molar-refractivity contribution in [3.8, 4) is 0 Å². The minimum Gasteiger partial charge on any atom is -0.350 e. The van der Waals surface area contributed by atoms with Crippen LogP contribution in [-0.4, -0.2) is 23.4 Å². The van der Waals surface area contributed by atoms with Gasteiger partial charge in [-0.15, -0.1) is 0 Å². The molecule has 0 bridgehead atoms. The molecule has 6 nitrogen and oxygen atoms in total. The van der Waals surface area contributed by atoms with Crippen LogP contribution >= 0.6 is 0 Å². The molecule has 0 radical (unpaired) electrons. The number of hydrogen-bond donors (Lipinski definition) is 1. The van der Waals surface area contributed by atoms with Gasteiger partial charge in [0.15, 0.2) is 6.29 Å². The predicted molar refractivity (Wildman–Crippen MR) is 68.5 cm³/mol. The Morgan fingerprint density at radius 3 is 2.86 bits per heavy atom. The van der Waals surface area contributed by atoms with Gasteiger partial charge in [0.2, 0.25) is 0 Å². The van der Waals surface area contributed by atoms with E-state index in [-0.39, 0.29) is 0 Å². The van der Waals surface area contributed by atoms with Crippen molar-refractivity contribution in [1.29, 1.82) is 0 Å². The van der Waals surface area contributed by atoms with Gasteiger partial charge in [0.05, 0.1) is 0 Å². The van der Waals surface area contributed by atoms with Gasteiger partial charge in [-0.1, -0.05) is 0 Å². The standard InChI is InChI=1S/C13H15F3N2O4/c14-13(15,16)9-4-3-6-18(12(9)20)8-10(19)17-22-11-5-1-2-7-21-11/h3-4,6,11H,1-2,5,7-8H2,(H,17,19). The highest BCUT2D eigenvalue weighted by Crippen LogP contribution is 2.25. The summed E-state index contributed by atoms with van der Waals surface area (Å²) in [5.41, 5.74) is -0.517. The number of aromatic nitrogens is 1. The van der Waals surface area contributed by atoms with Crippen molar-refractivity contribution in [2.24, 2.45) is 0 Å². The van der Waals surface area contributed by atoms with Crippen molar-refractivity contribution in [2.75, 3.05) is 6.61 Å². The lowest BCUT2D eigenvalue weighted by atomic mass is 10.2. The number of nitrogens with zero attached hydrogens (tertiary/aromatic N) is 1. The maximum Gasteiger partial charge on any atom is 0.421 e. The first kappa shape index (κ1) is 16.5. The number of nitrogens with one attached hydrogen (secondary N) is 1. The van der Waals surface area contributed by atoms with E-state index in [9.17, 15) is 22.8 Å². The Labute approximate surface area is 123 Å². The van der Waals surface area contributed by atoms with Crippen LogP contribution in [0.1, 0.15) is 24.8 Å². The lowest BCUT2D eigenvalue weighted by Crippen LogP contribution is -2.37. The quantitative estimate of drug-likeness (QED) is 0.853. The first-order chi connectivity index (χ1) is 10.4. The average molecular weight is 320 g/mol. The fourth-order valence-electron chi connectivity index (χ4n) is 2.00. The van der Waals surface area contributed by atoms with E-state index in [4.69, 9.17) is 9.57 Å². The molecule has 1 aromatic heterocycles. The van der Waals surface area contributed by atoms with Crippen molar-refractivity contribution < 1.29 is 27.5 Å². The van der Waals surface area contributed by atoms with Crippen LogP contribution in [0.25, 0.3) is 0 Å². The largest absolute Gasteiger partial charge is 0.421 e. The Hall–Kier alpha value is -1.87. The lowest BCUT2D eigenvalue weighted by Gasteiger charge is -2.22. The molecular formula is C13H15F3N2O4. The van der Waals surface area contributed by atoms with E-state index < -0.39 is 36.0 Å². The minimum atomic E-state index is -4.76. The zero-order valence-electron chi connectivity index (χ0n) is 11.6. The highest BCUT2D eigenvalue weighted by atomic mass is 19.4. The summed E-state index contributed by atoms with van der Waals surface area (Å²) < 4.78 is 43.7. The minimum absolute atomic E-state index is 0.521. The average Bonchev–Trinajstić information content (AvgIpc) is 2.47. The van der Waals surface area contributed by atoms with Crippen LogP contribution < -0.4 is 11.0 Å². The molecular weight excluding hydrogens is 305 g/mol. The zero-order valence-corrected chi connectivity index (χ0v) is 11.6. The number of hydroxylamine groups is 1. The Kier molecular flexibility index (Phi) is 5.19. The maximum absolute atomic E-state index is 12.6. The van der Waals surface area contributed by atoms with Gasteiger partial charge in [-0.3, -0.25) is 9.59 Å². The molecule has 0 aliphatic carbocycles. The second-order valence-electron chi connectivity index (χ2n) is 4.79. The van der Waals surface area contributed by atoms with Gasteiger partial charge in [-0.2, -0.15) is 13.2 Å². The van der Waals surface area contributed by atoms with Crippen molar-refractivity contribution in [1.82, 2.24) is 10.0 Å². The van der Waals surface area contributed by atoms with Gasteiger partial charge in [0, 0.05) is 19.2 Å². The second-order valence-corrected chi connectivity index (χ2v) is 4.79. The van der Waals surface area contributed by atoms with E-state index in [0.717, 1.165) is 25.1 Å². The molecule has 0 aromatic carbocycles. The highest BCUT2D eigenvalue weighted by molar-refractivity contribution is 5.74. The van der Waals surface area contributed by atoms with Gasteiger partial charge < -0.3 is 9.30 Å². The van der Waals surface area contributed by atoms with Crippen LogP contribution in [0.15, 0.2) is 23.1 Å². The number of rotatable bonds is 4. The van der Waals surface area contributed by atoms with Crippen LogP contribution in [0.3, 0.4) is 0 Å². The summed E-state index contributed by atoms with van der Waals surface area (Å²) in [4.78, 5) is 28.3. The van der Waals surface area contributed by atoms with Crippen molar-refractivity contribution in [3.63, 3.8) is 0 Å². The molecule has 1 saturated heterocycles. The van der Waals surface area contributed by atoms with E-state index in [1.54, 1.807) is 0 Å². The van der Waals surface area contributed by atoms with Crippen LogP contribution in [0.5, 0.6) is 0 Å². The van der Waals surface area contributed by atoms with Crippen molar-refractivity contribution in [2.45, 2.75) is 38.3 Å². The topological polar surface area (TPSA) is 69.6 Å². The van der Waals surface area contributed by atoms with Gasteiger partial charge >= 0.3 is 6.18 Å². The van der Waals surface area contributed by atoms with Crippen LogP contribution in [0.4, 0.5) is 13.2 Å². The molecule has 1 aromatic rings. The summed E-state index contributed by atoms with van der Waals surface area (Å²) in [7, 11) is 0. The van der Waals surface area contributed by atoms with Gasteiger partial charge in [0.1, 0.15) is 12.1 Å². The number of halogens is 3. The maximum atomic E-state index is 12.6. The van der Waals surface area contributed by atoms with Gasteiger partial charge in [-0.05, 0) is 25.0 Å². The number of hydrogen-bond acceptors (Lipinski definition) is 4. The summed E-state index contributed by atoms with van der Waals surface area (Å²) >= 11 is 0. The van der Waals surface area contributed by atoms with Crippen LogP contribution in [-0.2, 0) is 27.1 Å². The molecule has 1 fully saturated rings.